The van der Waals surface area contributed by atoms with Gasteiger partial charge in [0.15, 0.2) is 0 Å². The summed E-state index contributed by atoms with van der Waals surface area (Å²) in [6.45, 7) is 0.909. The number of amides is 1. The van der Waals surface area contributed by atoms with Crippen LogP contribution in [0.25, 0.3) is 0 Å². The van der Waals surface area contributed by atoms with Gasteiger partial charge in [-0.3, -0.25) is 9.48 Å². The Balaban J connectivity index is 1.73. The minimum atomic E-state index is -0.214. The van der Waals surface area contributed by atoms with Crippen molar-refractivity contribution in [1.29, 1.82) is 0 Å². The smallest absolute Gasteiger partial charge is 0.257 e. The van der Waals surface area contributed by atoms with E-state index in [0.717, 1.165) is 5.56 Å². The zero-order chi connectivity index (χ0) is 17.1. The molecule has 0 saturated carbocycles. The van der Waals surface area contributed by atoms with Gasteiger partial charge in [0.25, 0.3) is 5.91 Å². The first-order chi connectivity index (χ1) is 11.6. The number of aliphatic hydroxyl groups excluding tert-OH is 1. The number of carbonyl (C=O) groups is 1. The molecule has 2 atom stereocenters. The third kappa shape index (κ3) is 3.45. The first-order valence-electron chi connectivity index (χ1n) is 7.83. The van der Waals surface area contributed by atoms with E-state index in [1.807, 2.05) is 24.3 Å². The summed E-state index contributed by atoms with van der Waals surface area (Å²) in [5, 5.41) is 14.4. The van der Waals surface area contributed by atoms with Crippen molar-refractivity contribution in [1.82, 2.24) is 14.7 Å². The van der Waals surface area contributed by atoms with Crippen molar-refractivity contribution in [3.8, 4) is 0 Å². The van der Waals surface area contributed by atoms with Crippen LogP contribution >= 0.6 is 11.6 Å². The number of methoxy groups -OCH3 is 1. The number of hydrogen-bond donors (Lipinski definition) is 1. The molecule has 0 radical (unpaired) electrons. The molecule has 0 spiro atoms. The van der Waals surface area contributed by atoms with Crippen molar-refractivity contribution in [2.45, 2.75) is 25.1 Å². The molecule has 0 bridgehead atoms. The number of aliphatic hydroxyl groups is 1. The van der Waals surface area contributed by atoms with Gasteiger partial charge in [0.1, 0.15) is 0 Å². The number of ether oxygens (including phenoxy) is 1. The highest BCUT2D eigenvalue weighted by Gasteiger charge is 2.35. The van der Waals surface area contributed by atoms with Crippen molar-refractivity contribution in [2.24, 2.45) is 0 Å². The molecule has 1 fully saturated rings. The Labute approximate surface area is 145 Å². The second kappa shape index (κ2) is 7.34. The molecule has 1 aromatic carbocycles. The van der Waals surface area contributed by atoms with Crippen molar-refractivity contribution in [3.05, 3.63) is 52.8 Å². The number of rotatable bonds is 5. The predicted octanol–water partition coefficient (Wildman–Crippen LogP) is 1.81. The van der Waals surface area contributed by atoms with Gasteiger partial charge in [-0.25, -0.2) is 0 Å². The average Bonchev–Trinajstić information content (AvgIpc) is 3.23. The highest BCUT2D eigenvalue weighted by atomic mass is 35.5. The predicted molar refractivity (Wildman–Crippen MR) is 90.1 cm³/mol. The molecule has 0 aliphatic carbocycles. The van der Waals surface area contributed by atoms with Crippen LogP contribution in [-0.2, 0) is 11.3 Å². The molecule has 1 aliphatic rings. The van der Waals surface area contributed by atoms with Gasteiger partial charge in [-0.1, -0.05) is 29.8 Å². The summed E-state index contributed by atoms with van der Waals surface area (Å²) in [4.78, 5) is 14.3. The summed E-state index contributed by atoms with van der Waals surface area (Å²) in [6.07, 6.45) is 3.87. The summed E-state index contributed by atoms with van der Waals surface area (Å²) in [7, 11) is 1.62. The molecule has 1 saturated heterocycles. The van der Waals surface area contributed by atoms with Crippen LogP contribution in [-0.4, -0.2) is 58.1 Å². The van der Waals surface area contributed by atoms with E-state index in [-0.39, 0.29) is 24.7 Å². The zero-order valence-corrected chi connectivity index (χ0v) is 14.2. The number of aromatic nitrogens is 2. The van der Waals surface area contributed by atoms with Crippen LogP contribution in [0, 0.1) is 0 Å². The molecule has 1 aromatic heterocycles. The van der Waals surface area contributed by atoms with E-state index >= 15 is 0 Å². The van der Waals surface area contributed by atoms with Gasteiger partial charge in [-0.2, -0.15) is 5.10 Å². The number of hydrogen-bond acceptors (Lipinski definition) is 4. The van der Waals surface area contributed by atoms with Crippen molar-refractivity contribution < 1.29 is 14.6 Å². The maximum Gasteiger partial charge on any atom is 0.257 e. The second-order valence-electron chi connectivity index (χ2n) is 5.91. The number of carbonyl (C=O) groups excluding carboxylic acids is 1. The largest absolute Gasteiger partial charge is 0.394 e. The fraction of sp³-hybridized carbons (Fsp3) is 0.412. The third-order valence-electron chi connectivity index (χ3n) is 4.35. The Morgan fingerprint density at radius 1 is 1.46 bits per heavy atom. The maximum absolute atomic E-state index is 12.7. The Bertz CT molecular complexity index is 719. The van der Waals surface area contributed by atoms with Gasteiger partial charge in [-0.15, -0.1) is 0 Å². The molecule has 6 nitrogen and oxygen atoms in total. The minimum absolute atomic E-state index is 0.0377. The highest BCUT2D eigenvalue weighted by Crippen LogP contribution is 2.22. The molecule has 1 amide bonds. The molecule has 1 N–H and O–H groups in total. The van der Waals surface area contributed by atoms with Crippen LogP contribution in [0.5, 0.6) is 0 Å². The molecule has 2 heterocycles. The molecular weight excluding hydrogens is 330 g/mol. The summed E-state index contributed by atoms with van der Waals surface area (Å²) >= 11 is 6.16. The van der Waals surface area contributed by atoms with E-state index in [1.54, 1.807) is 29.1 Å². The van der Waals surface area contributed by atoms with Gasteiger partial charge in [0, 0.05) is 24.9 Å². The number of halogens is 1. The van der Waals surface area contributed by atoms with Gasteiger partial charge in [0.2, 0.25) is 0 Å². The fourth-order valence-electron chi connectivity index (χ4n) is 2.99. The fourth-order valence-corrected chi connectivity index (χ4v) is 3.19. The summed E-state index contributed by atoms with van der Waals surface area (Å²) in [5.74, 6) is -0.140. The van der Waals surface area contributed by atoms with Crippen LogP contribution in [0.15, 0.2) is 36.7 Å². The van der Waals surface area contributed by atoms with E-state index in [2.05, 4.69) is 5.10 Å². The van der Waals surface area contributed by atoms with Crippen LogP contribution < -0.4 is 0 Å². The lowest BCUT2D eigenvalue weighted by atomic mass is 10.2. The summed E-state index contributed by atoms with van der Waals surface area (Å²) in [6, 6.07) is 7.33. The molecular formula is C17H20ClN3O3. The molecule has 7 heteroatoms. The molecule has 0 unspecified atom stereocenters. The zero-order valence-electron chi connectivity index (χ0n) is 13.4. The van der Waals surface area contributed by atoms with Crippen LogP contribution in [0.2, 0.25) is 5.02 Å². The lowest BCUT2D eigenvalue weighted by Crippen LogP contribution is -2.37. The molecule has 1 aliphatic heterocycles. The van der Waals surface area contributed by atoms with Crippen LogP contribution in [0.3, 0.4) is 0 Å². The monoisotopic (exact) mass is 349 g/mol. The lowest BCUT2D eigenvalue weighted by molar-refractivity contribution is 0.0648. The van der Waals surface area contributed by atoms with Crippen molar-refractivity contribution >= 4 is 17.5 Å². The Morgan fingerprint density at radius 3 is 2.96 bits per heavy atom. The topological polar surface area (TPSA) is 67.6 Å². The number of benzene rings is 1. The lowest BCUT2D eigenvalue weighted by Gasteiger charge is -2.21. The van der Waals surface area contributed by atoms with E-state index < -0.39 is 0 Å². The first kappa shape index (κ1) is 17.0. The van der Waals surface area contributed by atoms with Gasteiger partial charge < -0.3 is 14.7 Å². The normalized spacial score (nSPS) is 20.5. The van der Waals surface area contributed by atoms with Crippen LogP contribution in [0.1, 0.15) is 22.3 Å². The van der Waals surface area contributed by atoms with Crippen LogP contribution in [0.4, 0.5) is 0 Å². The average molecular weight is 350 g/mol. The summed E-state index contributed by atoms with van der Waals surface area (Å²) in [5.41, 5.74) is 1.44. The Kier molecular flexibility index (Phi) is 5.18. The second-order valence-corrected chi connectivity index (χ2v) is 6.31. The molecule has 3 rings (SSSR count). The maximum atomic E-state index is 12.7. The standard InChI is InChI=1S/C17H20ClN3O3/c1-24-15-6-14(11-22)21(10-15)17(23)13-7-19-20(9-13)8-12-4-2-3-5-16(12)18/h2-5,7,9,14-15,22H,6,8,10-11H2,1H3/t14-,15+/m0/s1. The third-order valence-corrected chi connectivity index (χ3v) is 4.72. The van der Waals surface area contributed by atoms with Crippen molar-refractivity contribution in [3.63, 3.8) is 0 Å². The minimum Gasteiger partial charge on any atom is -0.394 e. The Morgan fingerprint density at radius 2 is 2.25 bits per heavy atom. The summed E-state index contributed by atoms with van der Waals surface area (Å²) < 4.78 is 7.00. The van der Waals surface area contributed by atoms with Gasteiger partial charge >= 0.3 is 0 Å². The number of nitrogens with zero attached hydrogens (tertiary/aromatic N) is 3. The molecule has 128 valence electrons. The number of likely N-dealkylation sites (tertiary alicyclic amines) is 1. The molecule has 24 heavy (non-hydrogen) atoms. The highest BCUT2D eigenvalue weighted by molar-refractivity contribution is 6.31. The van der Waals surface area contributed by atoms with E-state index in [0.29, 0.717) is 30.1 Å². The first-order valence-corrected chi connectivity index (χ1v) is 8.20. The quantitative estimate of drug-likeness (QED) is 0.894. The van der Waals surface area contributed by atoms with E-state index in [9.17, 15) is 9.90 Å². The van der Waals surface area contributed by atoms with E-state index in [1.165, 1.54) is 0 Å². The van der Waals surface area contributed by atoms with Gasteiger partial charge in [-0.05, 0) is 18.1 Å². The SMILES string of the molecule is CO[C@@H]1C[C@@H](CO)N(C(=O)c2cnn(Cc3ccccc3Cl)c2)C1. The van der Waals surface area contributed by atoms with E-state index in [4.69, 9.17) is 16.3 Å². The Hall–Kier alpha value is -1.89. The van der Waals surface area contributed by atoms with Gasteiger partial charge in [0.05, 0.1) is 37.1 Å². The van der Waals surface area contributed by atoms with Crippen molar-refractivity contribution in [2.75, 3.05) is 20.3 Å². The molecule has 2 aromatic rings.